The first-order chi connectivity index (χ1) is 13.3. The van der Waals surface area contributed by atoms with Crippen molar-refractivity contribution in [2.75, 3.05) is 0 Å². The van der Waals surface area contributed by atoms with E-state index in [0.29, 0.717) is 27.1 Å². The molecule has 2 nitrogen and oxygen atoms in total. The van der Waals surface area contributed by atoms with Crippen LogP contribution in [0.4, 0.5) is 17.6 Å². The van der Waals surface area contributed by atoms with Crippen LogP contribution in [-0.2, 0) is 6.18 Å². The third-order valence-electron chi connectivity index (χ3n) is 4.16. The summed E-state index contributed by atoms with van der Waals surface area (Å²) in [6.45, 7) is 1.85. The maximum Gasteiger partial charge on any atom is 0.416 e. The molecule has 0 bridgehead atoms. The fourth-order valence-corrected chi connectivity index (χ4v) is 3.69. The van der Waals surface area contributed by atoms with Crippen molar-refractivity contribution in [1.82, 2.24) is 4.98 Å². The van der Waals surface area contributed by atoms with Crippen LogP contribution in [-0.4, -0.2) is 4.98 Å². The number of ether oxygens (including phenoxy) is 1. The minimum absolute atomic E-state index is 0.290. The largest absolute Gasteiger partial charge is 0.430 e. The van der Waals surface area contributed by atoms with Crippen molar-refractivity contribution in [3.8, 4) is 22.1 Å². The summed E-state index contributed by atoms with van der Waals surface area (Å²) in [5.41, 5.74) is 1.66. The molecule has 7 heteroatoms. The minimum Gasteiger partial charge on any atom is -0.430 e. The summed E-state index contributed by atoms with van der Waals surface area (Å²) < 4.78 is 59.2. The van der Waals surface area contributed by atoms with E-state index >= 15 is 0 Å². The van der Waals surface area contributed by atoms with Crippen LogP contribution >= 0.6 is 11.3 Å². The summed E-state index contributed by atoms with van der Waals surface area (Å²) in [6.07, 6.45) is -4.43. The van der Waals surface area contributed by atoms with Gasteiger partial charge in [0.05, 0.1) is 15.8 Å². The first-order valence-corrected chi connectivity index (χ1v) is 9.13. The van der Waals surface area contributed by atoms with Crippen molar-refractivity contribution < 1.29 is 22.3 Å². The van der Waals surface area contributed by atoms with Gasteiger partial charge in [0.15, 0.2) is 0 Å². The molecule has 4 aromatic rings. The van der Waals surface area contributed by atoms with Crippen molar-refractivity contribution in [3.05, 3.63) is 77.6 Å². The van der Waals surface area contributed by atoms with Crippen molar-refractivity contribution in [2.45, 2.75) is 13.1 Å². The predicted molar refractivity (Wildman–Crippen MR) is 101 cm³/mol. The highest BCUT2D eigenvalue weighted by Gasteiger charge is 2.30. The van der Waals surface area contributed by atoms with E-state index in [9.17, 15) is 17.6 Å². The monoisotopic (exact) mass is 403 g/mol. The van der Waals surface area contributed by atoms with Gasteiger partial charge in [0.1, 0.15) is 11.6 Å². The summed E-state index contributed by atoms with van der Waals surface area (Å²) in [6, 6.07) is 14.6. The molecule has 0 N–H and O–H groups in total. The number of rotatable bonds is 3. The Hall–Kier alpha value is -2.93. The molecule has 142 valence electrons. The molecule has 0 radical (unpaired) electrons. The number of aryl methyl sites for hydroxylation is 1. The van der Waals surface area contributed by atoms with Gasteiger partial charge in [0, 0.05) is 5.56 Å². The summed E-state index contributed by atoms with van der Waals surface area (Å²) in [5.74, 6) is 0.00661. The molecule has 0 amide bonds. The van der Waals surface area contributed by atoms with E-state index < -0.39 is 11.7 Å². The molecule has 0 saturated heterocycles. The summed E-state index contributed by atoms with van der Waals surface area (Å²) in [7, 11) is 0. The Morgan fingerprint density at radius 3 is 2.57 bits per heavy atom. The average molecular weight is 403 g/mol. The van der Waals surface area contributed by atoms with E-state index in [0.717, 1.165) is 17.7 Å². The second kappa shape index (κ2) is 6.91. The lowest BCUT2D eigenvalue weighted by atomic mass is 10.00. The summed E-state index contributed by atoms with van der Waals surface area (Å²) >= 11 is 1.17. The van der Waals surface area contributed by atoms with Crippen LogP contribution in [0.2, 0.25) is 0 Å². The number of hydrogen-bond donors (Lipinski definition) is 0. The van der Waals surface area contributed by atoms with Crippen LogP contribution in [0.25, 0.3) is 21.3 Å². The standard InChI is InChI=1S/C21H13F4NOS/c1-12-5-8-18(27-20-26-17-7-6-15(22)11-19(17)28-20)16(9-12)13-3-2-4-14(10-13)21(23,24)25/h2-11H,1H3. The van der Waals surface area contributed by atoms with Crippen molar-refractivity contribution in [1.29, 1.82) is 0 Å². The normalized spacial score (nSPS) is 11.8. The van der Waals surface area contributed by atoms with E-state index in [4.69, 9.17) is 4.74 Å². The number of thiazole rings is 1. The second-order valence-corrected chi connectivity index (χ2v) is 7.27. The van der Waals surface area contributed by atoms with Gasteiger partial charge in [-0.15, -0.1) is 0 Å². The Morgan fingerprint density at radius 1 is 0.964 bits per heavy atom. The fourth-order valence-electron chi connectivity index (χ4n) is 2.84. The Bertz CT molecular complexity index is 1170. The number of fused-ring (bicyclic) bond motifs is 1. The molecule has 1 aromatic heterocycles. The molecule has 1 heterocycles. The van der Waals surface area contributed by atoms with Crippen molar-refractivity contribution in [3.63, 3.8) is 0 Å². The Kier molecular flexibility index (Phi) is 4.55. The third-order valence-corrected chi connectivity index (χ3v) is 5.06. The van der Waals surface area contributed by atoms with E-state index in [1.165, 1.54) is 29.5 Å². The van der Waals surface area contributed by atoms with E-state index in [2.05, 4.69) is 4.98 Å². The number of hydrogen-bond acceptors (Lipinski definition) is 3. The van der Waals surface area contributed by atoms with Crippen LogP contribution in [0.1, 0.15) is 11.1 Å². The fraction of sp³-hybridized carbons (Fsp3) is 0.0952. The van der Waals surface area contributed by atoms with Crippen molar-refractivity contribution >= 4 is 21.6 Å². The zero-order valence-electron chi connectivity index (χ0n) is 14.5. The lowest BCUT2D eigenvalue weighted by molar-refractivity contribution is -0.137. The lowest BCUT2D eigenvalue weighted by Gasteiger charge is -2.13. The Morgan fingerprint density at radius 2 is 1.79 bits per heavy atom. The van der Waals surface area contributed by atoms with Crippen LogP contribution in [0.3, 0.4) is 0 Å². The van der Waals surface area contributed by atoms with Gasteiger partial charge in [-0.1, -0.05) is 35.1 Å². The maximum atomic E-state index is 13.4. The number of benzene rings is 3. The topological polar surface area (TPSA) is 22.1 Å². The Labute approximate surface area is 162 Å². The van der Waals surface area contributed by atoms with E-state index in [-0.39, 0.29) is 11.0 Å². The highest BCUT2D eigenvalue weighted by molar-refractivity contribution is 7.20. The molecule has 0 fully saturated rings. The number of halogens is 4. The smallest absolute Gasteiger partial charge is 0.416 e. The molecule has 0 aliphatic rings. The molecule has 0 unspecified atom stereocenters. The van der Waals surface area contributed by atoms with Crippen LogP contribution in [0, 0.1) is 12.7 Å². The quantitative estimate of drug-likeness (QED) is 0.337. The first-order valence-electron chi connectivity index (χ1n) is 8.32. The molecule has 28 heavy (non-hydrogen) atoms. The third kappa shape index (κ3) is 3.71. The number of alkyl halides is 3. The second-order valence-electron chi connectivity index (χ2n) is 6.27. The highest BCUT2D eigenvalue weighted by Crippen LogP contribution is 2.39. The molecule has 0 saturated carbocycles. The number of nitrogens with zero attached hydrogens (tertiary/aromatic N) is 1. The van der Waals surface area contributed by atoms with Crippen LogP contribution in [0.15, 0.2) is 60.7 Å². The molecule has 0 atom stereocenters. The van der Waals surface area contributed by atoms with Gasteiger partial charge < -0.3 is 4.74 Å². The van der Waals surface area contributed by atoms with Crippen LogP contribution < -0.4 is 4.74 Å². The lowest BCUT2D eigenvalue weighted by Crippen LogP contribution is -2.04. The van der Waals surface area contributed by atoms with Gasteiger partial charge >= 0.3 is 6.18 Å². The molecule has 4 rings (SSSR count). The Balaban J connectivity index is 1.76. The zero-order chi connectivity index (χ0) is 19.9. The van der Waals surface area contributed by atoms with E-state index in [1.54, 1.807) is 30.3 Å². The molecule has 3 aromatic carbocycles. The summed E-state index contributed by atoms with van der Waals surface area (Å²) in [4.78, 5) is 4.31. The molecule has 0 aliphatic carbocycles. The van der Waals surface area contributed by atoms with Crippen molar-refractivity contribution in [2.24, 2.45) is 0 Å². The van der Waals surface area contributed by atoms with E-state index in [1.807, 2.05) is 6.92 Å². The maximum absolute atomic E-state index is 13.4. The zero-order valence-corrected chi connectivity index (χ0v) is 15.4. The van der Waals surface area contributed by atoms with Gasteiger partial charge in [-0.2, -0.15) is 13.2 Å². The number of aromatic nitrogens is 1. The average Bonchev–Trinajstić information content (AvgIpc) is 3.04. The molecule has 0 aliphatic heterocycles. The molecule has 0 spiro atoms. The minimum atomic E-state index is -4.43. The van der Waals surface area contributed by atoms with Gasteiger partial charge in [0.2, 0.25) is 0 Å². The highest BCUT2D eigenvalue weighted by atomic mass is 32.1. The van der Waals surface area contributed by atoms with Gasteiger partial charge in [0.25, 0.3) is 5.19 Å². The first kappa shape index (κ1) is 18.4. The van der Waals surface area contributed by atoms with Crippen LogP contribution in [0.5, 0.6) is 10.9 Å². The van der Waals surface area contributed by atoms with Gasteiger partial charge in [-0.3, -0.25) is 0 Å². The summed E-state index contributed by atoms with van der Waals surface area (Å²) in [5, 5.41) is 0.290. The molecular formula is C21H13F4NOS. The van der Waals surface area contributed by atoms with Gasteiger partial charge in [-0.25, -0.2) is 9.37 Å². The predicted octanol–water partition coefficient (Wildman–Crippen LogP) is 7.22. The molecular weight excluding hydrogens is 390 g/mol. The van der Waals surface area contributed by atoms with Gasteiger partial charge in [-0.05, 0) is 55.0 Å². The SMILES string of the molecule is Cc1ccc(Oc2nc3ccc(F)cc3s2)c(-c2cccc(C(F)(F)F)c2)c1.